The van der Waals surface area contributed by atoms with Gasteiger partial charge in [0.05, 0.1) is 0 Å². The molecule has 0 aliphatic carbocycles. The third-order valence-corrected chi connectivity index (χ3v) is 12.2. The van der Waals surface area contributed by atoms with Crippen LogP contribution in [0.25, 0.3) is 0 Å². The summed E-state index contributed by atoms with van der Waals surface area (Å²) < 4.78 is 16.8. The quantitative estimate of drug-likeness (QED) is 0.0261. The van der Waals surface area contributed by atoms with E-state index in [4.69, 9.17) is 14.2 Å². The monoisotopic (exact) mass is 985 g/mol. The molecule has 0 bridgehead atoms. The fourth-order valence-electron chi connectivity index (χ4n) is 7.80. The van der Waals surface area contributed by atoms with Crippen molar-refractivity contribution in [2.45, 2.75) is 271 Å². The van der Waals surface area contributed by atoms with Gasteiger partial charge in [0.1, 0.15) is 13.2 Å². The SMILES string of the molecule is CC/C=C\C/C=C\C/C=C\C/C=C\C/C=C\CCCCCCCCCCCC(=O)OCC(COC(=O)CCCCCCC/C=C\C/C=C\CCCC)OC(=O)CCCCCCC/C=C\C/C=C\CCCC. The van der Waals surface area contributed by atoms with Crippen LogP contribution in [0, 0.1) is 0 Å². The molecule has 0 aromatic carbocycles. The molecule has 0 aromatic heterocycles. The van der Waals surface area contributed by atoms with Crippen LogP contribution in [-0.4, -0.2) is 37.2 Å². The largest absolute Gasteiger partial charge is 0.462 e. The minimum atomic E-state index is -0.796. The van der Waals surface area contributed by atoms with E-state index < -0.39 is 6.10 Å². The summed E-state index contributed by atoms with van der Waals surface area (Å²) >= 11 is 0. The summed E-state index contributed by atoms with van der Waals surface area (Å²) in [6, 6.07) is 0. The molecule has 0 amide bonds. The van der Waals surface area contributed by atoms with Crippen molar-refractivity contribution < 1.29 is 28.6 Å². The first-order chi connectivity index (χ1) is 35.0. The molecule has 0 fully saturated rings. The molecular formula is C65H108O6. The van der Waals surface area contributed by atoms with Gasteiger partial charge in [-0.25, -0.2) is 0 Å². The highest BCUT2D eigenvalue weighted by molar-refractivity contribution is 5.71. The molecule has 0 saturated heterocycles. The second-order valence-corrected chi connectivity index (χ2v) is 19.2. The van der Waals surface area contributed by atoms with Gasteiger partial charge in [0.2, 0.25) is 0 Å². The van der Waals surface area contributed by atoms with E-state index >= 15 is 0 Å². The van der Waals surface area contributed by atoms with Crippen molar-refractivity contribution in [2.75, 3.05) is 13.2 Å². The lowest BCUT2D eigenvalue weighted by molar-refractivity contribution is -0.167. The first-order valence-electron chi connectivity index (χ1n) is 29.4. The summed E-state index contributed by atoms with van der Waals surface area (Å²) in [7, 11) is 0. The molecule has 0 N–H and O–H groups in total. The molecule has 0 aliphatic rings. The maximum absolute atomic E-state index is 12.8. The third-order valence-electron chi connectivity index (χ3n) is 12.2. The molecule has 1 atom stereocenters. The maximum Gasteiger partial charge on any atom is 0.306 e. The lowest BCUT2D eigenvalue weighted by Gasteiger charge is -2.18. The van der Waals surface area contributed by atoms with E-state index in [1.54, 1.807) is 0 Å². The summed E-state index contributed by atoms with van der Waals surface area (Å²) in [4.78, 5) is 38.2. The molecule has 0 aromatic rings. The Balaban J connectivity index is 4.36. The molecule has 6 heteroatoms. The zero-order chi connectivity index (χ0) is 51.4. The summed E-state index contributed by atoms with van der Waals surface area (Å²) in [6.45, 7) is 6.42. The number of carbonyl (C=O) groups is 3. The minimum absolute atomic E-state index is 0.0927. The smallest absolute Gasteiger partial charge is 0.306 e. The van der Waals surface area contributed by atoms with Gasteiger partial charge < -0.3 is 14.2 Å². The standard InChI is InChI=1S/C65H108O6/c1-4-7-10-13-16-19-22-25-28-29-30-31-32-33-34-35-36-37-38-41-43-46-49-52-55-58-64(67)70-61-62(71-65(68)59-56-53-50-47-44-40-27-24-21-18-15-12-9-6-3)60-69-63(66)57-54-51-48-45-42-39-26-23-20-17-14-11-8-5-2/h7,10,14-19,23-28,30-31,33-34,62H,4-6,8-9,11-13,20-22,29,32,35-61H2,1-3H3/b10-7-,17-14-,18-15-,19-16-,26-23-,27-24-,28-25-,31-30-,34-33-. The van der Waals surface area contributed by atoms with E-state index in [1.807, 2.05) is 0 Å². The Morgan fingerprint density at radius 3 is 0.859 bits per heavy atom. The van der Waals surface area contributed by atoms with Gasteiger partial charge in [-0.1, -0.05) is 239 Å². The number of unbranched alkanes of at least 4 members (excludes halogenated alkanes) is 23. The van der Waals surface area contributed by atoms with Crippen molar-refractivity contribution in [3.05, 3.63) is 109 Å². The predicted molar refractivity (Wildman–Crippen MR) is 307 cm³/mol. The topological polar surface area (TPSA) is 78.9 Å². The Labute approximate surface area is 438 Å². The van der Waals surface area contributed by atoms with Crippen molar-refractivity contribution in [2.24, 2.45) is 0 Å². The molecule has 0 heterocycles. The summed E-state index contributed by atoms with van der Waals surface area (Å²) in [6.07, 6.45) is 79.3. The number of esters is 3. The molecule has 0 rings (SSSR count). The van der Waals surface area contributed by atoms with Gasteiger partial charge in [0.15, 0.2) is 6.10 Å². The van der Waals surface area contributed by atoms with Crippen molar-refractivity contribution in [3.63, 3.8) is 0 Å². The summed E-state index contributed by atoms with van der Waals surface area (Å²) in [5.41, 5.74) is 0. The highest BCUT2D eigenvalue weighted by Gasteiger charge is 2.19. The van der Waals surface area contributed by atoms with E-state index in [2.05, 4.69) is 130 Å². The fourth-order valence-corrected chi connectivity index (χ4v) is 7.80. The Hall–Kier alpha value is -3.93. The molecule has 0 aliphatic heterocycles. The second kappa shape index (κ2) is 58.6. The average Bonchev–Trinajstić information content (AvgIpc) is 3.37. The maximum atomic E-state index is 12.8. The van der Waals surface area contributed by atoms with Crippen LogP contribution in [0.4, 0.5) is 0 Å². The van der Waals surface area contributed by atoms with E-state index in [0.29, 0.717) is 19.3 Å². The number of hydrogen-bond acceptors (Lipinski definition) is 6. The number of hydrogen-bond donors (Lipinski definition) is 0. The third kappa shape index (κ3) is 56.9. The minimum Gasteiger partial charge on any atom is -0.462 e. The van der Waals surface area contributed by atoms with Crippen LogP contribution in [0.15, 0.2) is 109 Å². The van der Waals surface area contributed by atoms with Gasteiger partial charge in [-0.05, 0) is 116 Å². The molecule has 6 nitrogen and oxygen atoms in total. The van der Waals surface area contributed by atoms with Crippen LogP contribution in [0.5, 0.6) is 0 Å². The molecule has 1 unspecified atom stereocenters. The van der Waals surface area contributed by atoms with Crippen molar-refractivity contribution in [3.8, 4) is 0 Å². The normalized spacial score (nSPS) is 12.9. The number of carbonyl (C=O) groups excluding carboxylic acids is 3. The van der Waals surface area contributed by atoms with Crippen LogP contribution in [0.2, 0.25) is 0 Å². The van der Waals surface area contributed by atoms with Gasteiger partial charge in [-0.2, -0.15) is 0 Å². The lowest BCUT2D eigenvalue weighted by atomic mass is 10.1. The number of rotatable bonds is 52. The molecule has 0 saturated carbocycles. The molecule has 0 spiro atoms. The first kappa shape index (κ1) is 67.1. The van der Waals surface area contributed by atoms with E-state index in [9.17, 15) is 14.4 Å². The number of allylic oxidation sites excluding steroid dienone is 18. The van der Waals surface area contributed by atoms with Crippen molar-refractivity contribution in [1.82, 2.24) is 0 Å². The van der Waals surface area contributed by atoms with E-state index in [0.717, 1.165) is 148 Å². The number of ether oxygens (including phenoxy) is 3. The van der Waals surface area contributed by atoms with Crippen LogP contribution in [0.1, 0.15) is 265 Å². The molecule has 404 valence electrons. The Morgan fingerprint density at radius 2 is 0.549 bits per heavy atom. The summed E-state index contributed by atoms with van der Waals surface area (Å²) in [5.74, 6) is -0.926. The lowest BCUT2D eigenvalue weighted by Crippen LogP contribution is -2.30. The zero-order valence-corrected chi connectivity index (χ0v) is 46.2. The zero-order valence-electron chi connectivity index (χ0n) is 46.2. The van der Waals surface area contributed by atoms with Gasteiger partial charge in [0, 0.05) is 19.3 Å². The van der Waals surface area contributed by atoms with Crippen LogP contribution in [-0.2, 0) is 28.6 Å². The Kier molecular flexibility index (Phi) is 55.4. The molecular weight excluding hydrogens is 877 g/mol. The highest BCUT2D eigenvalue weighted by Crippen LogP contribution is 2.14. The van der Waals surface area contributed by atoms with Gasteiger partial charge in [-0.3, -0.25) is 14.4 Å². The average molecular weight is 986 g/mol. The fraction of sp³-hybridized carbons (Fsp3) is 0.677. The highest BCUT2D eigenvalue weighted by atomic mass is 16.6. The summed E-state index contributed by atoms with van der Waals surface area (Å²) in [5, 5.41) is 0. The van der Waals surface area contributed by atoms with Crippen molar-refractivity contribution in [1.29, 1.82) is 0 Å². The first-order valence-corrected chi connectivity index (χ1v) is 29.4. The van der Waals surface area contributed by atoms with Crippen molar-refractivity contribution >= 4 is 17.9 Å². The van der Waals surface area contributed by atoms with E-state index in [-0.39, 0.29) is 31.1 Å². The second-order valence-electron chi connectivity index (χ2n) is 19.2. The van der Waals surface area contributed by atoms with Crippen LogP contribution < -0.4 is 0 Å². The van der Waals surface area contributed by atoms with Gasteiger partial charge in [-0.15, -0.1) is 0 Å². The van der Waals surface area contributed by atoms with E-state index in [1.165, 1.54) is 77.0 Å². The predicted octanol–water partition coefficient (Wildman–Crippen LogP) is 19.9. The van der Waals surface area contributed by atoms with Gasteiger partial charge in [0.25, 0.3) is 0 Å². The van der Waals surface area contributed by atoms with Crippen LogP contribution in [0.3, 0.4) is 0 Å². The Bertz CT molecular complexity index is 1460. The molecule has 71 heavy (non-hydrogen) atoms. The molecule has 0 radical (unpaired) electrons. The van der Waals surface area contributed by atoms with Gasteiger partial charge >= 0.3 is 17.9 Å². The Morgan fingerprint density at radius 1 is 0.296 bits per heavy atom. The van der Waals surface area contributed by atoms with Crippen LogP contribution >= 0.6 is 0 Å².